The lowest BCUT2D eigenvalue weighted by atomic mass is 10.1. The molecule has 0 saturated carbocycles. The second-order valence-corrected chi connectivity index (χ2v) is 8.21. The first-order valence-electron chi connectivity index (χ1n) is 9.64. The third kappa shape index (κ3) is 12.5. The van der Waals surface area contributed by atoms with E-state index in [4.69, 9.17) is 4.74 Å². The number of sulfonamides is 1. The van der Waals surface area contributed by atoms with Crippen LogP contribution in [0.25, 0.3) is 0 Å². The van der Waals surface area contributed by atoms with Gasteiger partial charge in [0, 0.05) is 32.8 Å². The van der Waals surface area contributed by atoms with Crippen molar-refractivity contribution < 1.29 is 13.2 Å². The number of hydrogen-bond donors (Lipinski definition) is 3. The van der Waals surface area contributed by atoms with Crippen molar-refractivity contribution in [3.05, 3.63) is 35.9 Å². The van der Waals surface area contributed by atoms with Gasteiger partial charge in [-0.05, 0) is 39.2 Å². The molecule has 0 aliphatic carbocycles. The smallest absolute Gasteiger partial charge is 0.211 e. The average Bonchev–Trinajstić information content (AvgIpc) is 2.67. The molecule has 1 rings (SSSR count). The van der Waals surface area contributed by atoms with Crippen molar-refractivity contribution in [3.8, 4) is 0 Å². The maximum atomic E-state index is 11.4. The third-order valence-corrected chi connectivity index (χ3v) is 5.31. The van der Waals surface area contributed by atoms with E-state index in [2.05, 4.69) is 39.4 Å². The topological polar surface area (TPSA) is 91.8 Å². The third-order valence-electron chi connectivity index (χ3n) is 3.90. The summed E-state index contributed by atoms with van der Waals surface area (Å²) in [5, 5.41) is 6.40. The summed E-state index contributed by atoms with van der Waals surface area (Å²) in [7, 11) is -3.12. The van der Waals surface area contributed by atoms with Crippen LogP contribution in [0, 0.1) is 0 Å². The van der Waals surface area contributed by atoms with Gasteiger partial charge in [-0.1, -0.05) is 30.3 Å². The Morgan fingerprint density at radius 1 is 1.11 bits per heavy atom. The molecule has 9 heteroatoms. The monoisotopic (exact) mass is 526 g/mol. The van der Waals surface area contributed by atoms with Crippen LogP contribution in [0.4, 0.5) is 0 Å². The van der Waals surface area contributed by atoms with Crippen LogP contribution in [-0.4, -0.2) is 52.9 Å². The van der Waals surface area contributed by atoms with E-state index in [0.29, 0.717) is 32.7 Å². The maximum Gasteiger partial charge on any atom is 0.211 e. The van der Waals surface area contributed by atoms with E-state index in [0.717, 1.165) is 18.9 Å². The predicted octanol–water partition coefficient (Wildman–Crippen LogP) is 2.66. The first-order chi connectivity index (χ1) is 13.0. The van der Waals surface area contributed by atoms with Gasteiger partial charge >= 0.3 is 0 Å². The zero-order chi connectivity index (χ0) is 20.0. The van der Waals surface area contributed by atoms with Gasteiger partial charge in [0.15, 0.2) is 5.96 Å². The molecule has 0 radical (unpaired) electrons. The van der Waals surface area contributed by atoms with Crippen LogP contribution >= 0.6 is 24.0 Å². The molecule has 0 heterocycles. The zero-order valence-electron chi connectivity index (χ0n) is 17.1. The van der Waals surface area contributed by atoms with Gasteiger partial charge in [-0.25, -0.2) is 13.1 Å². The molecular weight excluding hydrogens is 491 g/mol. The molecule has 0 aromatic heterocycles. The number of benzene rings is 1. The van der Waals surface area contributed by atoms with Crippen molar-refractivity contribution in [1.29, 1.82) is 0 Å². The number of hydrogen-bond acceptors (Lipinski definition) is 4. The van der Waals surface area contributed by atoms with Gasteiger partial charge in [-0.15, -0.1) is 24.0 Å². The standard InChI is InChI=1S/C19H34N4O3S.HI/c1-4-20-19(21-13-9-15-23-27(24,25)5-2)22-14-10-16-26-17(3)18-11-7-6-8-12-18;/h6-8,11-12,17,23H,4-5,9-10,13-16H2,1-3H3,(H2,20,21,22);1H. The minimum atomic E-state index is -3.12. The highest BCUT2D eigenvalue weighted by atomic mass is 127. The van der Waals surface area contributed by atoms with E-state index in [1.165, 1.54) is 5.56 Å². The van der Waals surface area contributed by atoms with Gasteiger partial charge in [0.25, 0.3) is 0 Å². The number of nitrogens with one attached hydrogen (secondary N) is 3. The van der Waals surface area contributed by atoms with Crippen molar-refractivity contribution in [3.63, 3.8) is 0 Å². The molecular formula is C19H35IN4O3S. The zero-order valence-corrected chi connectivity index (χ0v) is 20.3. The highest BCUT2D eigenvalue weighted by Crippen LogP contribution is 2.15. The Labute approximate surface area is 187 Å². The summed E-state index contributed by atoms with van der Waals surface area (Å²) in [5.74, 6) is 0.849. The van der Waals surface area contributed by atoms with Crippen molar-refractivity contribution in [2.75, 3.05) is 38.5 Å². The SMILES string of the molecule is CCNC(=NCCCOC(C)c1ccccc1)NCCCNS(=O)(=O)CC.I. The van der Waals surface area contributed by atoms with Crippen LogP contribution in [0.3, 0.4) is 0 Å². The molecule has 28 heavy (non-hydrogen) atoms. The molecule has 162 valence electrons. The minimum Gasteiger partial charge on any atom is -0.374 e. The summed E-state index contributed by atoms with van der Waals surface area (Å²) >= 11 is 0. The summed E-state index contributed by atoms with van der Waals surface area (Å²) in [6, 6.07) is 10.2. The highest BCUT2D eigenvalue weighted by Gasteiger charge is 2.05. The van der Waals surface area contributed by atoms with Crippen LogP contribution in [0.1, 0.15) is 45.3 Å². The number of rotatable bonds is 13. The van der Waals surface area contributed by atoms with E-state index in [1.54, 1.807) is 6.92 Å². The highest BCUT2D eigenvalue weighted by molar-refractivity contribution is 14.0. The average molecular weight is 526 g/mol. The molecule has 1 aromatic carbocycles. The first-order valence-corrected chi connectivity index (χ1v) is 11.3. The second kappa shape index (κ2) is 15.9. The Morgan fingerprint density at radius 2 is 1.82 bits per heavy atom. The molecule has 0 spiro atoms. The van der Waals surface area contributed by atoms with Crippen LogP contribution < -0.4 is 15.4 Å². The van der Waals surface area contributed by atoms with Crippen LogP contribution in [0.2, 0.25) is 0 Å². The van der Waals surface area contributed by atoms with Gasteiger partial charge in [0.05, 0.1) is 11.9 Å². The van der Waals surface area contributed by atoms with E-state index in [1.807, 2.05) is 25.1 Å². The number of nitrogens with zero attached hydrogens (tertiary/aromatic N) is 1. The van der Waals surface area contributed by atoms with Crippen LogP contribution in [0.15, 0.2) is 35.3 Å². The van der Waals surface area contributed by atoms with Gasteiger partial charge < -0.3 is 15.4 Å². The fourth-order valence-corrected chi connectivity index (χ4v) is 2.96. The molecule has 0 bridgehead atoms. The number of guanidine groups is 1. The molecule has 0 amide bonds. The fraction of sp³-hybridized carbons (Fsp3) is 0.632. The van der Waals surface area contributed by atoms with Crippen molar-refractivity contribution in [2.45, 2.75) is 39.7 Å². The Kier molecular flexibility index (Phi) is 15.4. The predicted molar refractivity (Wildman–Crippen MR) is 127 cm³/mol. The summed E-state index contributed by atoms with van der Waals surface area (Å²) in [5.41, 5.74) is 1.18. The normalized spacial score (nSPS) is 12.9. The Morgan fingerprint density at radius 3 is 2.46 bits per heavy atom. The molecule has 0 aliphatic rings. The number of halogens is 1. The Balaban J connectivity index is 0.00000729. The number of aliphatic imine (C=N–C) groups is 1. The van der Waals surface area contributed by atoms with E-state index < -0.39 is 10.0 Å². The molecule has 0 fully saturated rings. The Bertz CT molecular complexity index is 642. The molecule has 0 aliphatic heterocycles. The van der Waals surface area contributed by atoms with Gasteiger partial charge in [0.1, 0.15) is 0 Å². The second-order valence-electron chi connectivity index (χ2n) is 6.12. The summed E-state index contributed by atoms with van der Waals surface area (Å²) in [6.07, 6.45) is 1.61. The summed E-state index contributed by atoms with van der Waals surface area (Å²) < 4.78 is 31.1. The van der Waals surface area contributed by atoms with E-state index in [9.17, 15) is 8.42 Å². The largest absolute Gasteiger partial charge is 0.374 e. The molecule has 1 unspecified atom stereocenters. The van der Waals surface area contributed by atoms with Crippen molar-refractivity contribution >= 4 is 40.0 Å². The maximum absolute atomic E-state index is 11.4. The van der Waals surface area contributed by atoms with Crippen LogP contribution in [-0.2, 0) is 14.8 Å². The fourth-order valence-electron chi connectivity index (χ4n) is 2.30. The lowest BCUT2D eigenvalue weighted by Crippen LogP contribution is -2.39. The van der Waals surface area contributed by atoms with Gasteiger partial charge in [-0.3, -0.25) is 4.99 Å². The van der Waals surface area contributed by atoms with Crippen LogP contribution in [0.5, 0.6) is 0 Å². The molecule has 0 saturated heterocycles. The Hall–Kier alpha value is -0.910. The van der Waals surface area contributed by atoms with E-state index >= 15 is 0 Å². The van der Waals surface area contributed by atoms with Crippen molar-refractivity contribution in [1.82, 2.24) is 15.4 Å². The van der Waals surface area contributed by atoms with Gasteiger partial charge in [-0.2, -0.15) is 0 Å². The van der Waals surface area contributed by atoms with Crippen molar-refractivity contribution in [2.24, 2.45) is 4.99 Å². The van der Waals surface area contributed by atoms with Gasteiger partial charge in [0.2, 0.25) is 10.0 Å². The molecule has 1 aromatic rings. The first kappa shape index (κ1) is 27.1. The van der Waals surface area contributed by atoms with E-state index in [-0.39, 0.29) is 35.8 Å². The quantitative estimate of drug-likeness (QED) is 0.159. The molecule has 7 nitrogen and oxygen atoms in total. The summed E-state index contributed by atoms with van der Waals surface area (Å²) in [6.45, 7) is 8.86. The molecule has 3 N–H and O–H groups in total. The summed E-state index contributed by atoms with van der Waals surface area (Å²) in [4.78, 5) is 4.52. The number of ether oxygens (including phenoxy) is 1. The lowest BCUT2D eigenvalue weighted by molar-refractivity contribution is 0.0652. The lowest BCUT2D eigenvalue weighted by Gasteiger charge is -2.13. The minimum absolute atomic E-state index is 0. The molecule has 1 atom stereocenters.